The molecule has 9 heteroatoms. The van der Waals surface area contributed by atoms with Crippen LogP contribution in [0.1, 0.15) is 54.0 Å². The van der Waals surface area contributed by atoms with E-state index in [2.05, 4.69) is 4.90 Å². The molecule has 1 heterocycles. The lowest BCUT2D eigenvalue weighted by Gasteiger charge is -2.41. The van der Waals surface area contributed by atoms with E-state index in [1.165, 1.54) is 19.1 Å². The standard InChI is InChI=1S/C25H26F7NO/c1-14(17-9-18(24(27,28)29)11-19(10-17)25(30,31)32)34-22-8-5-16-12-33(2)13-21(16)23(22)15-3-6-20(26)7-4-15/h3-4,6-7,9-11,14,16,21-23H,5,8,12-13H2,1-2H3/t14-,16?,21-,22+,23+/m1/s1. The summed E-state index contributed by atoms with van der Waals surface area (Å²) in [7, 11) is 2.01. The lowest BCUT2D eigenvalue weighted by molar-refractivity contribution is -0.143. The van der Waals surface area contributed by atoms with Gasteiger partial charge in [-0.1, -0.05) is 12.1 Å². The number of nitrogens with zero attached hydrogens (tertiary/aromatic N) is 1. The first-order valence-electron chi connectivity index (χ1n) is 11.2. The van der Waals surface area contributed by atoms with Crippen molar-refractivity contribution < 1.29 is 35.5 Å². The second-order valence-electron chi connectivity index (χ2n) is 9.46. The van der Waals surface area contributed by atoms with Crippen molar-refractivity contribution in [3.8, 4) is 0 Å². The average Bonchev–Trinajstić information content (AvgIpc) is 3.13. The third kappa shape index (κ3) is 5.25. The van der Waals surface area contributed by atoms with Crippen LogP contribution in [0.5, 0.6) is 0 Å². The Bertz CT molecular complexity index is 970. The van der Waals surface area contributed by atoms with E-state index in [4.69, 9.17) is 4.74 Å². The van der Waals surface area contributed by atoms with Crippen molar-refractivity contribution in [2.24, 2.45) is 11.8 Å². The van der Waals surface area contributed by atoms with Gasteiger partial charge in [0.2, 0.25) is 0 Å². The topological polar surface area (TPSA) is 12.5 Å². The summed E-state index contributed by atoms with van der Waals surface area (Å²) in [6.45, 7) is 3.18. The van der Waals surface area contributed by atoms with Crippen LogP contribution in [-0.2, 0) is 17.1 Å². The molecule has 1 aliphatic heterocycles. The monoisotopic (exact) mass is 489 g/mol. The van der Waals surface area contributed by atoms with Crippen molar-refractivity contribution in [1.82, 2.24) is 4.90 Å². The Balaban J connectivity index is 1.65. The second-order valence-corrected chi connectivity index (χ2v) is 9.46. The van der Waals surface area contributed by atoms with E-state index in [1.54, 1.807) is 12.1 Å². The molecule has 0 aromatic heterocycles. The van der Waals surface area contributed by atoms with Crippen LogP contribution in [-0.4, -0.2) is 31.1 Å². The molecule has 0 radical (unpaired) electrons. The number of ether oxygens (including phenoxy) is 1. The summed E-state index contributed by atoms with van der Waals surface area (Å²) in [6.07, 6.45) is -9.78. The fraction of sp³-hybridized carbons (Fsp3) is 0.520. The molecule has 0 amide bonds. The molecule has 2 aromatic rings. The molecule has 186 valence electrons. The third-order valence-electron chi connectivity index (χ3n) is 7.07. The highest BCUT2D eigenvalue weighted by Crippen LogP contribution is 2.48. The van der Waals surface area contributed by atoms with Gasteiger partial charge in [0.25, 0.3) is 0 Å². The van der Waals surface area contributed by atoms with Gasteiger partial charge in [-0.15, -0.1) is 0 Å². The number of hydrogen-bond donors (Lipinski definition) is 0. The number of rotatable bonds is 4. The van der Waals surface area contributed by atoms with Gasteiger partial charge < -0.3 is 9.64 Å². The number of benzene rings is 2. The molecule has 1 saturated heterocycles. The number of alkyl halides is 6. The normalized spacial score (nSPS) is 27.0. The van der Waals surface area contributed by atoms with Gasteiger partial charge in [-0.25, -0.2) is 4.39 Å². The van der Waals surface area contributed by atoms with Gasteiger partial charge in [-0.3, -0.25) is 0 Å². The summed E-state index contributed by atoms with van der Waals surface area (Å²) in [4.78, 5) is 2.21. The Morgan fingerprint density at radius 3 is 2.03 bits per heavy atom. The summed E-state index contributed by atoms with van der Waals surface area (Å²) >= 11 is 0. The summed E-state index contributed by atoms with van der Waals surface area (Å²) in [5.74, 6) is 0.0861. The van der Waals surface area contributed by atoms with Crippen LogP contribution in [0.25, 0.3) is 0 Å². The molecule has 34 heavy (non-hydrogen) atoms. The van der Waals surface area contributed by atoms with Gasteiger partial charge in [0.1, 0.15) is 5.82 Å². The highest BCUT2D eigenvalue weighted by molar-refractivity contribution is 5.35. The summed E-state index contributed by atoms with van der Waals surface area (Å²) in [6, 6.07) is 7.67. The average molecular weight is 489 g/mol. The van der Waals surface area contributed by atoms with Gasteiger partial charge in [-0.05, 0) is 80.1 Å². The van der Waals surface area contributed by atoms with Crippen molar-refractivity contribution in [2.45, 2.75) is 50.2 Å². The molecule has 4 rings (SSSR count). The van der Waals surface area contributed by atoms with Crippen molar-refractivity contribution in [3.63, 3.8) is 0 Å². The summed E-state index contributed by atoms with van der Waals surface area (Å²) in [5.41, 5.74) is -2.03. The van der Waals surface area contributed by atoms with Crippen molar-refractivity contribution in [1.29, 1.82) is 0 Å². The van der Waals surface area contributed by atoms with Gasteiger partial charge >= 0.3 is 12.4 Å². The van der Waals surface area contributed by atoms with Crippen LogP contribution in [0, 0.1) is 17.7 Å². The molecule has 1 aliphatic carbocycles. The zero-order chi connectivity index (χ0) is 24.8. The predicted octanol–water partition coefficient (Wildman–Crippen LogP) is 7.06. The Kier molecular flexibility index (Phi) is 6.72. The van der Waals surface area contributed by atoms with Crippen LogP contribution in [0.15, 0.2) is 42.5 Å². The van der Waals surface area contributed by atoms with Crippen LogP contribution < -0.4 is 0 Å². The maximum absolute atomic E-state index is 13.6. The zero-order valence-corrected chi connectivity index (χ0v) is 18.8. The van der Waals surface area contributed by atoms with Crippen molar-refractivity contribution >= 4 is 0 Å². The Morgan fingerprint density at radius 2 is 1.47 bits per heavy atom. The summed E-state index contributed by atoms with van der Waals surface area (Å²) < 4.78 is 99.7. The smallest absolute Gasteiger partial charge is 0.370 e. The molecule has 1 saturated carbocycles. The first-order valence-corrected chi connectivity index (χ1v) is 11.2. The van der Waals surface area contributed by atoms with Gasteiger partial charge in [0.05, 0.1) is 23.3 Å². The minimum absolute atomic E-state index is 0.122. The fourth-order valence-corrected chi connectivity index (χ4v) is 5.52. The molecule has 2 aromatic carbocycles. The molecule has 5 atom stereocenters. The van der Waals surface area contributed by atoms with E-state index in [1.807, 2.05) is 7.05 Å². The number of hydrogen-bond acceptors (Lipinski definition) is 2. The number of likely N-dealkylation sites (tertiary alicyclic amines) is 1. The highest BCUT2D eigenvalue weighted by Gasteiger charge is 2.45. The van der Waals surface area contributed by atoms with E-state index < -0.39 is 35.7 Å². The first kappa shape index (κ1) is 25.0. The molecule has 0 N–H and O–H groups in total. The van der Waals surface area contributed by atoms with Gasteiger partial charge in [0, 0.05) is 19.0 Å². The Morgan fingerprint density at radius 1 is 0.882 bits per heavy atom. The lowest BCUT2D eigenvalue weighted by Crippen LogP contribution is -2.38. The predicted molar refractivity (Wildman–Crippen MR) is 113 cm³/mol. The number of halogens is 7. The quantitative estimate of drug-likeness (QED) is 0.426. The van der Waals surface area contributed by atoms with E-state index in [0.29, 0.717) is 12.3 Å². The van der Waals surface area contributed by atoms with Crippen molar-refractivity contribution in [2.75, 3.05) is 20.1 Å². The largest absolute Gasteiger partial charge is 0.416 e. The molecule has 0 spiro atoms. The SMILES string of the molecule is C[C@@H](O[C@H]1CCC2CN(C)C[C@H]2[C@@H]1c1ccc(F)cc1)c1cc(C(F)(F)F)cc(C(F)(F)F)c1. The highest BCUT2D eigenvalue weighted by atomic mass is 19.4. The maximum atomic E-state index is 13.6. The molecule has 2 fully saturated rings. The van der Waals surface area contributed by atoms with Gasteiger partial charge in [-0.2, -0.15) is 26.3 Å². The zero-order valence-electron chi connectivity index (χ0n) is 18.8. The second kappa shape index (κ2) is 9.15. The molecule has 2 nitrogen and oxygen atoms in total. The third-order valence-corrected chi connectivity index (χ3v) is 7.07. The van der Waals surface area contributed by atoms with E-state index >= 15 is 0 Å². The Hall–Kier alpha value is -2.13. The van der Waals surface area contributed by atoms with E-state index in [9.17, 15) is 30.7 Å². The minimum atomic E-state index is -4.92. The van der Waals surface area contributed by atoms with Crippen molar-refractivity contribution in [3.05, 3.63) is 70.5 Å². The van der Waals surface area contributed by atoms with Crippen LogP contribution in [0.2, 0.25) is 0 Å². The van der Waals surface area contributed by atoms with Crippen LogP contribution >= 0.6 is 0 Å². The summed E-state index contributed by atoms with van der Waals surface area (Å²) in [5, 5.41) is 0. The van der Waals surface area contributed by atoms with E-state index in [0.717, 1.165) is 37.2 Å². The van der Waals surface area contributed by atoms with E-state index in [-0.39, 0.29) is 29.3 Å². The number of fused-ring (bicyclic) bond motifs is 1. The fourth-order valence-electron chi connectivity index (χ4n) is 5.52. The molecule has 0 bridgehead atoms. The molecular weight excluding hydrogens is 463 g/mol. The first-order chi connectivity index (χ1) is 15.8. The molecule has 1 unspecified atom stereocenters. The lowest BCUT2D eigenvalue weighted by atomic mass is 9.69. The van der Waals surface area contributed by atoms with Gasteiger partial charge in [0.15, 0.2) is 0 Å². The maximum Gasteiger partial charge on any atom is 0.416 e. The molecular formula is C25H26F7NO. The minimum Gasteiger partial charge on any atom is -0.370 e. The Labute approximate surface area is 193 Å². The molecule has 2 aliphatic rings. The van der Waals surface area contributed by atoms with Crippen LogP contribution in [0.4, 0.5) is 30.7 Å². The van der Waals surface area contributed by atoms with Crippen LogP contribution in [0.3, 0.4) is 0 Å².